The molecule has 0 aromatic heterocycles. The van der Waals surface area contributed by atoms with Gasteiger partial charge in [0.1, 0.15) is 5.75 Å². The van der Waals surface area contributed by atoms with Gasteiger partial charge >= 0.3 is 0 Å². The van der Waals surface area contributed by atoms with Gasteiger partial charge in [0.05, 0.1) is 12.9 Å². The van der Waals surface area contributed by atoms with Gasteiger partial charge in [0.25, 0.3) is 0 Å². The maximum Gasteiger partial charge on any atom is 0.213 e. The first-order valence-corrected chi connectivity index (χ1v) is 12.6. The van der Waals surface area contributed by atoms with Crippen LogP contribution in [0.15, 0.2) is 29.3 Å². The molecule has 1 saturated heterocycles. The van der Waals surface area contributed by atoms with E-state index in [4.69, 9.17) is 4.74 Å². The van der Waals surface area contributed by atoms with Gasteiger partial charge in [-0.25, -0.2) is 12.7 Å². The Labute approximate surface area is 204 Å². The minimum Gasteiger partial charge on any atom is -0.497 e. The molecular formula is C22H37IN4O3S. The molecule has 1 aromatic carbocycles. The lowest BCUT2D eigenvalue weighted by Gasteiger charge is -2.34. The molecule has 0 bridgehead atoms. The Hall–Kier alpha value is -1.07. The van der Waals surface area contributed by atoms with Crippen LogP contribution in [0.2, 0.25) is 0 Å². The maximum atomic E-state index is 12.1. The van der Waals surface area contributed by atoms with Crippen molar-refractivity contribution in [3.63, 3.8) is 0 Å². The fourth-order valence-electron chi connectivity index (χ4n) is 4.67. The van der Waals surface area contributed by atoms with E-state index in [-0.39, 0.29) is 41.2 Å². The summed E-state index contributed by atoms with van der Waals surface area (Å²) in [5.74, 6) is 1.86. The fraction of sp³-hybridized carbons (Fsp3) is 0.682. The van der Waals surface area contributed by atoms with Crippen LogP contribution in [0.4, 0.5) is 0 Å². The normalized spacial score (nSPS) is 20.2. The van der Waals surface area contributed by atoms with Crippen molar-refractivity contribution in [2.75, 3.05) is 39.5 Å². The van der Waals surface area contributed by atoms with Crippen molar-refractivity contribution in [1.29, 1.82) is 0 Å². The first kappa shape index (κ1) is 26.2. The van der Waals surface area contributed by atoms with Crippen LogP contribution >= 0.6 is 24.0 Å². The average Bonchev–Trinajstić information content (AvgIpc) is 3.27. The van der Waals surface area contributed by atoms with E-state index < -0.39 is 10.0 Å². The minimum atomic E-state index is -3.10. The summed E-state index contributed by atoms with van der Waals surface area (Å²) in [7, 11) is 0.405. The monoisotopic (exact) mass is 564 g/mol. The van der Waals surface area contributed by atoms with E-state index in [9.17, 15) is 8.42 Å². The van der Waals surface area contributed by atoms with E-state index in [0.29, 0.717) is 13.1 Å². The summed E-state index contributed by atoms with van der Waals surface area (Å²) in [5, 5.41) is 7.06. The smallest absolute Gasteiger partial charge is 0.213 e. The number of methoxy groups -OCH3 is 1. The molecule has 0 spiro atoms. The number of hydrogen-bond donors (Lipinski definition) is 2. The van der Waals surface area contributed by atoms with E-state index in [1.807, 2.05) is 6.07 Å². The molecule has 176 valence electrons. The largest absolute Gasteiger partial charge is 0.497 e. The van der Waals surface area contributed by atoms with Crippen LogP contribution in [0.1, 0.15) is 51.0 Å². The van der Waals surface area contributed by atoms with Crippen LogP contribution in [0.3, 0.4) is 0 Å². The molecule has 1 aromatic rings. The van der Waals surface area contributed by atoms with Crippen molar-refractivity contribution in [2.24, 2.45) is 4.99 Å². The van der Waals surface area contributed by atoms with Gasteiger partial charge in [-0.2, -0.15) is 0 Å². The molecule has 3 rings (SSSR count). The van der Waals surface area contributed by atoms with Crippen molar-refractivity contribution < 1.29 is 13.2 Å². The van der Waals surface area contributed by atoms with E-state index >= 15 is 0 Å². The predicted molar refractivity (Wildman–Crippen MR) is 137 cm³/mol. The van der Waals surface area contributed by atoms with Crippen molar-refractivity contribution in [2.45, 2.75) is 56.9 Å². The van der Waals surface area contributed by atoms with Crippen LogP contribution < -0.4 is 15.4 Å². The molecule has 0 unspecified atom stereocenters. The van der Waals surface area contributed by atoms with Crippen molar-refractivity contribution >= 4 is 40.0 Å². The number of piperidine rings is 1. The number of rotatable bonds is 7. The molecule has 0 atom stereocenters. The second-order valence-corrected chi connectivity index (χ2v) is 10.6. The molecule has 7 nitrogen and oxygen atoms in total. The third-order valence-corrected chi connectivity index (χ3v) is 8.50. The number of benzene rings is 1. The Bertz CT molecular complexity index is 833. The summed E-state index contributed by atoms with van der Waals surface area (Å²) in [6.45, 7) is 3.66. The van der Waals surface area contributed by atoms with Crippen molar-refractivity contribution in [1.82, 2.24) is 14.9 Å². The molecule has 0 amide bonds. The van der Waals surface area contributed by atoms with Gasteiger partial charge in [0.15, 0.2) is 5.96 Å². The van der Waals surface area contributed by atoms with Gasteiger partial charge in [-0.15, -0.1) is 24.0 Å². The van der Waals surface area contributed by atoms with Crippen molar-refractivity contribution in [3.8, 4) is 5.75 Å². The highest BCUT2D eigenvalue weighted by Gasteiger charge is 2.36. The van der Waals surface area contributed by atoms with Crippen LogP contribution in [0.5, 0.6) is 5.75 Å². The highest BCUT2D eigenvalue weighted by molar-refractivity contribution is 14.0. The second-order valence-electron chi connectivity index (χ2n) is 8.36. The molecule has 31 heavy (non-hydrogen) atoms. The molecule has 2 N–H and O–H groups in total. The predicted octanol–water partition coefficient (Wildman–Crippen LogP) is 3.10. The zero-order valence-corrected chi connectivity index (χ0v) is 22.0. The van der Waals surface area contributed by atoms with Crippen LogP contribution in [0, 0.1) is 0 Å². The molecular weight excluding hydrogens is 527 g/mol. The second kappa shape index (κ2) is 11.7. The van der Waals surface area contributed by atoms with E-state index in [1.165, 1.54) is 18.4 Å². The topological polar surface area (TPSA) is 83.0 Å². The number of sulfonamides is 1. The Morgan fingerprint density at radius 2 is 1.94 bits per heavy atom. The standard InChI is InChI=1S/C22H36N4O3S.HI/c1-4-30(27,28)26-14-10-19(11-15-26)25-21(23-2)24-17-22(12-5-6-13-22)18-8-7-9-20(16-18)29-3;/h7-9,16,19H,4-6,10-15,17H2,1-3H3,(H2,23,24,25);1H. The summed E-state index contributed by atoms with van der Waals surface area (Å²) in [4.78, 5) is 4.42. The lowest BCUT2D eigenvalue weighted by Crippen LogP contribution is -2.51. The number of halogens is 1. The molecule has 9 heteroatoms. The van der Waals surface area contributed by atoms with Crippen molar-refractivity contribution in [3.05, 3.63) is 29.8 Å². The van der Waals surface area contributed by atoms with Crippen LogP contribution in [0.25, 0.3) is 0 Å². The fourth-order valence-corrected chi connectivity index (χ4v) is 5.81. The van der Waals surface area contributed by atoms with E-state index in [0.717, 1.165) is 43.9 Å². The quantitative estimate of drug-likeness (QED) is 0.302. The SMILES string of the molecule is CCS(=O)(=O)N1CCC(NC(=NC)NCC2(c3cccc(OC)c3)CCCC2)CC1.I. The van der Waals surface area contributed by atoms with Gasteiger partial charge in [0, 0.05) is 38.1 Å². The lowest BCUT2D eigenvalue weighted by atomic mass is 9.78. The zero-order chi connectivity index (χ0) is 21.6. The molecule has 1 aliphatic carbocycles. The third-order valence-electron chi connectivity index (χ3n) is 6.61. The summed E-state index contributed by atoms with van der Waals surface area (Å²) in [6.07, 6.45) is 6.35. The number of nitrogens with one attached hydrogen (secondary N) is 2. The number of aliphatic imine (C=N–C) groups is 1. The van der Waals surface area contributed by atoms with Gasteiger partial charge in [-0.3, -0.25) is 4.99 Å². The van der Waals surface area contributed by atoms with Gasteiger partial charge in [0.2, 0.25) is 10.0 Å². The van der Waals surface area contributed by atoms with Crippen LogP contribution in [-0.2, 0) is 15.4 Å². The van der Waals surface area contributed by atoms with Gasteiger partial charge < -0.3 is 15.4 Å². The highest BCUT2D eigenvalue weighted by atomic mass is 127. The molecule has 1 aliphatic heterocycles. The Morgan fingerprint density at radius 3 is 2.52 bits per heavy atom. The minimum absolute atomic E-state index is 0. The molecule has 1 saturated carbocycles. The average molecular weight is 565 g/mol. The highest BCUT2D eigenvalue weighted by Crippen LogP contribution is 2.41. The molecule has 2 fully saturated rings. The summed E-state index contributed by atoms with van der Waals surface area (Å²) < 4.78 is 31.2. The number of nitrogens with zero attached hydrogens (tertiary/aromatic N) is 2. The Balaban J connectivity index is 0.00000341. The number of ether oxygens (including phenoxy) is 1. The summed E-state index contributed by atoms with van der Waals surface area (Å²) in [5.41, 5.74) is 1.41. The maximum absolute atomic E-state index is 12.1. The summed E-state index contributed by atoms with van der Waals surface area (Å²) in [6, 6.07) is 8.66. The van der Waals surface area contributed by atoms with Gasteiger partial charge in [-0.05, 0) is 50.3 Å². The Morgan fingerprint density at radius 1 is 1.26 bits per heavy atom. The van der Waals surface area contributed by atoms with Gasteiger partial charge in [-0.1, -0.05) is 25.0 Å². The van der Waals surface area contributed by atoms with Crippen LogP contribution in [-0.4, -0.2) is 64.3 Å². The lowest BCUT2D eigenvalue weighted by molar-refractivity contribution is 0.306. The molecule has 0 radical (unpaired) electrons. The van der Waals surface area contributed by atoms with E-state index in [2.05, 4.69) is 33.8 Å². The molecule has 2 aliphatic rings. The first-order valence-electron chi connectivity index (χ1n) is 11.0. The Kier molecular flexibility index (Phi) is 9.88. The summed E-state index contributed by atoms with van der Waals surface area (Å²) >= 11 is 0. The van der Waals surface area contributed by atoms with E-state index in [1.54, 1.807) is 25.4 Å². The molecule has 1 heterocycles. The third kappa shape index (κ3) is 6.47. The number of hydrogen-bond acceptors (Lipinski definition) is 4. The number of guanidine groups is 1. The zero-order valence-electron chi connectivity index (χ0n) is 18.9. The first-order chi connectivity index (χ1) is 14.4.